The molecule has 4 rings (SSSR count). The molecule has 2 heterocycles. The number of thiazole rings is 1. The van der Waals surface area contributed by atoms with Crippen molar-refractivity contribution in [2.24, 2.45) is 0 Å². The van der Waals surface area contributed by atoms with Crippen LogP contribution in [0.2, 0.25) is 0 Å². The number of likely N-dealkylation sites (tertiary alicyclic amines) is 1. The largest absolute Gasteiger partial charge is 0.333 e. The molecule has 1 fully saturated rings. The number of para-hydroxylation sites is 1. The zero-order valence-corrected chi connectivity index (χ0v) is 19.6. The highest BCUT2D eigenvalue weighted by atomic mass is 32.2. The lowest BCUT2D eigenvalue weighted by Gasteiger charge is -2.23. The minimum atomic E-state index is -3.67. The fourth-order valence-electron chi connectivity index (χ4n) is 4.45. The number of nitrogens with zero attached hydrogens (tertiary/aromatic N) is 2. The average molecular weight is 458 g/mol. The normalized spacial score (nSPS) is 16.9. The van der Waals surface area contributed by atoms with Crippen molar-refractivity contribution in [3.05, 3.63) is 58.1 Å². The maximum Gasteiger partial charge on any atom is 0.241 e. The summed E-state index contributed by atoms with van der Waals surface area (Å²) < 4.78 is 29.4. The molecule has 1 N–H and O–H groups in total. The van der Waals surface area contributed by atoms with Crippen molar-refractivity contribution in [2.45, 2.75) is 51.0 Å². The Hall–Kier alpha value is -2.29. The van der Waals surface area contributed by atoms with Crippen molar-refractivity contribution in [3.8, 4) is 0 Å². The quantitative estimate of drug-likeness (QED) is 0.600. The van der Waals surface area contributed by atoms with Crippen LogP contribution in [0, 0.1) is 20.8 Å². The van der Waals surface area contributed by atoms with Crippen LogP contribution in [0.25, 0.3) is 10.2 Å². The lowest BCUT2D eigenvalue weighted by Crippen LogP contribution is -2.34. The summed E-state index contributed by atoms with van der Waals surface area (Å²) in [7, 11) is -3.67. The van der Waals surface area contributed by atoms with Crippen LogP contribution in [0.4, 0.5) is 0 Å². The monoisotopic (exact) mass is 457 g/mol. The zero-order valence-electron chi connectivity index (χ0n) is 18.0. The van der Waals surface area contributed by atoms with Crippen LogP contribution >= 0.6 is 11.3 Å². The topological polar surface area (TPSA) is 79.4 Å². The Bertz CT molecular complexity index is 1180. The van der Waals surface area contributed by atoms with E-state index in [-0.39, 0.29) is 24.9 Å². The molecule has 8 heteroatoms. The molecule has 0 spiro atoms. The van der Waals surface area contributed by atoms with E-state index in [1.165, 1.54) is 0 Å². The maximum atomic E-state index is 12.9. The second-order valence-corrected chi connectivity index (χ2v) is 10.9. The van der Waals surface area contributed by atoms with Gasteiger partial charge in [0.05, 0.1) is 21.2 Å². The van der Waals surface area contributed by atoms with Crippen molar-refractivity contribution in [2.75, 3.05) is 13.1 Å². The molecule has 1 aromatic heterocycles. The molecule has 6 nitrogen and oxygen atoms in total. The van der Waals surface area contributed by atoms with Gasteiger partial charge in [0.1, 0.15) is 5.01 Å². The fraction of sp³-hybridized carbons (Fsp3) is 0.391. The Labute approximate surface area is 187 Å². The Kier molecular flexibility index (Phi) is 6.14. The summed E-state index contributed by atoms with van der Waals surface area (Å²) in [6.45, 7) is 6.30. The first-order chi connectivity index (χ1) is 14.8. The molecule has 31 heavy (non-hydrogen) atoms. The number of fused-ring (bicyclic) bond motifs is 1. The fourth-order valence-corrected chi connectivity index (χ4v) is 7.05. The van der Waals surface area contributed by atoms with Gasteiger partial charge in [-0.05, 0) is 56.9 Å². The molecule has 1 saturated heterocycles. The SMILES string of the molecule is Cc1cc(C)c(S(=O)(=O)NCCC(=O)N2CCCC2c2nc3ccccc3s2)c(C)c1. The second kappa shape index (κ2) is 8.68. The smallest absolute Gasteiger partial charge is 0.241 e. The molecule has 1 amide bonds. The number of aryl methyl sites for hydroxylation is 3. The van der Waals surface area contributed by atoms with Crippen molar-refractivity contribution in [1.29, 1.82) is 0 Å². The predicted molar refractivity (Wildman–Crippen MR) is 124 cm³/mol. The van der Waals surface area contributed by atoms with Gasteiger partial charge < -0.3 is 4.90 Å². The van der Waals surface area contributed by atoms with Gasteiger partial charge in [-0.3, -0.25) is 4.79 Å². The molecule has 1 aliphatic rings. The lowest BCUT2D eigenvalue weighted by molar-refractivity contribution is -0.131. The lowest BCUT2D eigenvalue weighted by atomic mass is 10.1. The molecule has 0 aliphatic carbocycles. The van der Waals surface area contributed by atoms with Crippen molar-refractivity contribution < 1.29 is 13.2 Å². The van der Waals surface area contributed by atoms with Gasteiger partial charge in [0.2, 0.25) is 15.9 Å². The second-order valence-electron chi connectivity index (χ2n) is 8.14. The van der Waals surface area contributed by atoms with Gasteiger partial charge in [-0.25, -0.2) is 18.1 Å². The van der Waals surface area contributed by atoms with Crippen molar-refractivity contribution in [1.82, 2.24) is 14.6 Å². The van der Waals surface area contributed by atoms with Crippen LogP contribution in [0.3, 0.4) is 0 Å². The summed E-state index contributed by atoms with van der Waals surface area (Å²) in [6.07, 6.45) is 1.95. The molecule has 0 saturated carbocycles. The molecule has 3 aromatic rings. The summed E-state index contributed by atoms with van der Waals surface area (Å²) in [5, 5.41) is 0.957. The Morgan fingerprint density at radius 1 is 1.19 bits per heavy atom. The maximum absolute atomic E-state index is 12.9. The summed E-state index contributed by atoms with van der Waals surface area (Å²) in [5.41, 5.74) is 3.41. The van der Waals surface area contributed by atoms with E-state index in [4.69, 9.17) is 4.98 Å². The summed E-state index contributed by atoms with van der Waals surface area (Å²) in [4.78, 5) is 19.8. The molecule has 1 aliphatic heterocycles. The third kappa shape index (κ3) is 4.51. The van der Waals surface area contributed by atoms with Crippen LogP contribution in [0.15, 0.2) is 41.3 Å². The first-order valence-electron chi connectivity index (χ1n) is 10.5. The van der Waals surface area contributed by atoms with Crippen molar-refractivity contribution >= 4 is 37.5 Å². The van der Waals surface area contributed by atoms with E-state index >= 15 is 0 Å². The highest BCUT2D eigenvalue weighted by Crippen LogP contribution is 2.36. The van der Waals surface area contributed by atoms with E-state index in [9.17, 15) is 13.2 Å². The van der Waals surface area contributed by atoms with Gasteiger partial charge >= 0.3 is 0 Å². The van der Waals surface area contributed by atoms with Crippen LogP contribution in [-0.4, -0.2) is 37.3 Å². The summed E-state index contributed by atoms with van der Waals surface area (Å²) >= 11 is 1.63. The number of sulfonamides is 1. The number of amides is 1. The molecule has 0 bridgehead atoms. The van der Waals surface area contributed by atoms with E-state index in [1.807, 2.05) is 48.2 Å². The van der Waals surface area contributed by atoms with Crippen LogP contribution in [0.5, 0.6) is 0 Å². The number of nitrogens with one attached hydrogen (secondary N) is 1. The van der Waals surface area contributed by atoms with E-state index in [1.54, 1.807) is 25.2 Å². The minimum absolute atomic E-state index is 0.0249. The molecule has 164 valence electrons. The summed E-state index contributed by atoms with van der Waals surface area (Å²) in [5.74, 6) is -0.0400. The summed E-state index contributed by atoms with van der Waals surface area (Å²) in [6, 6.07) is 11.7. The van der Waals surface area contributed by atoms with Gasteiger partial charge in [-0.1, -0.05) is 29.8 Å². The number of carbonyl (C=O) groups is 1. The van der Waals surface area contributed by atoms with E-state index < -0.39 is 10.0 Å². The number of carbonyl (C=O) groups excluding carboxylic acids is 1. The molecule has 1 atom stereocenters. The van der Waals surface area contributed by atoms with E-state index in [0.717, 1.165) is 33.6 Å². The zero-order chi connectivity index (χ0) is 22.2. The van der Waals surface area contributed by atoms with Gasteiger partial charge in [0.15, 0.2) is 0 Å². The van der Waals surface area contributed by atoms with Crippen LogP contribution in [0.1, 0.15) is 47.0 Å². The van der Waals surface area contributed by atoms with Gasteiger partial charge in [-0.2, -0.15) is 0 Å². The van der Waals surface area contributed by atoms with Gasteiger partial charge in [-0.15, -0.1) is 11.3 Å². The third-order valence-electron chi connectivity index (χ3n) is 5.67. The Balaban J connectivity index is 1.42. The van der Waals surface area contributed by atoms with Gasteiger partial charge in [0, 0.05) is 19.5 Å². The van der Waals surface area contributed by atoms with E-state index in [2.05, 4.69) is 4.72 Å². The number of aromatic nitrogens is 1. The molecular weight excluding hydrogens is 430 g/mol. The molecule has 2 aromatic carbocycles. The highest BCUT2D eigenvalue weighted by molar-refractivity contribution is 7.89. The molecule has 1 unspecified atom stereocenters. The molecular formula is C23H27N3O3S2. The third-order valence-corrected chi connectivity index (χ3v) is 8.58. The van der Waals surface area contributed by atoms with Crippen molar-refractivity contribution in [3.63, 3.8) is 0 Å². The van der Waals surface area contributed by atoms with Crippen LogP contribution < -0.4 is 4.72 Å². The van der Waals surface area contributed by atoms with Crippen LogP contribution in [-0.2, 0) is 14.8 Å². The van der Waals surface area contributed by atoms with E-state index in [0.29, 0.717) is 22.6 Å². The number of benzene rings is 2. The average Bonchev–Trinajstić information content (AvgIpc) is 3.33. The number of hydrogen-bond acceptors (Lipinski definition) is 5. The number of hydrogen-bond donors (Lipinski definition) is 1. The number of rotatable bonds is 6. The van der Waals surface area contributed by atoms with Gasteiger partial charge in [0.25, 0.3) is 0 Å². The predicted octanol–water partition coefficient (Wildman–Crippen LogP) is 4.25. The first-order valence-corrected chi connectivity index (χ1v) is 12.8. The standard InChI is InChI=1S/C23H27N3O3S2/c1-15-13-16(2)22(17(3)14-15)31(28,29)24-11-10-21(27)26-12-6-8-19(26)23-25-18-7-4-5-9-20(18)30-23/h4-5,7,9,13-14,19,24H,6,8,10-12H2,1-3H3. The Morgan fingerprint density at radius 3 is 2.61 bits per heavy atom. The minimum Gasteiger partial charge on any atom is -0.333 e. The Morgan fingerprint density at radius 2 is 1.90 bits per heavy atom. The molecule has 0 radical (unpaired) electrons. The highest BCUT2D eigenvalue weighted by Gasteiger charge is 2.32. The first kappa shape index (κ1) is 21.9.